The van der Waals surface area contributed by atoms with Gasteiger partial charge < -0.3 is 10.1 Å². The van der Waals surface area contributed by atoms with Crippen molar-refractivity contribution >= 4 is 11.6 Å². The van der Waals surface area contributed by atoms with Gasteiger partial charge in [-0.05, 0) is 56.3 Å². The quantitative estimate of drug-likeness (QED) is 0.889. The summed E-state index contributed by atoms with van der Waals surface area (Å²) in [5.41, 5.74) is 3.44. The van der Waals surface area contributed by atoms with Crippen LogP contribution in [0.25, 0.3) is 0 Å². The van der Waals surface area contributed by atoms with Crippen LogP contribution in [0.3, 0.4) is 0 Å². The molecule has 2 aromatic rings. The van der Waals surface area contributed by atoms with Crippen molar-refractivity contribution < 1.29 is 4.74 Å². The first-order valence-corrected chi connectivity index (χ1v) is 6.66. The summed E-state index contributed by atoms with van der Waals surface area (Å²) in [6, 6.07) is 11.8. The molecule has 0 heterocycles. The van der Waals surface area contributed by atoms with E-state index in [0.29, 0.717) is 0 Å². The lowest BCUT2D eigenvalue weighted by atomic mass is 10.1. The van der Waals surface area contributed by atoms with E-state index in [2.05, 4.69) is 25.2 Å². The molecule has 2 rings (SSSR count). The van der Waals surface area contributed by atoms with Crippen LogP contribution in [-0.2, 0) is 6.54 Å². The van der Waals surface area contributed by atoms with Crippen LogP contribution < -0.4 is 10.1 Å². The van der Waals surface area contributed by atoms with Crippen LogP contribution in [0.4, 0.5) is 0 Å². The lowest BCUT2D eigenvalue weighted by Crippen LogP contribution is -2.06. The number of hydrogen-bond acceptors (Lipinski definition) is 2. The highest BCUT2D eigenvalue weighted by atomic mass is 35.5. The van der Waals surface area contributed by atoms with E-state index in [1.54, 1.807) is 0 Å². The lowest BCUT2D eigenvalue weighted by Gasteiger charge is -2.14. The second kappa shape index (κ2) is 6.09. The zero-order valence-corrected chi connectivity index (χ0v) is 12.2. The second-order valence-corrected chi connectivity index (χ2v) is 5.02. The third kappa shape index (κ3) is 3.28. The highest BCUT2D eigenvalue weighted by Crippen LogP contribution is 2.30. The van der Waals surface area contributed by atoms with Gasteiger partial charge in [-0.1, -0.05) is 23.7 Å². The van der Waals surface area contributed by atoms with Gasteiger partial charge in [-0.25, -0.2) is 0 Å². The van der Waals surface area contributed by atoms with Gasteiger partial charge in [0.1, 0.15) is 11.5 Å². The van der Waals surface area contributed by atoms with Crippen molar-refractivity contribution in [1.29, 1.82) is 0 Å². The zero-order chi connectivity index (χ0) is 13.8. The molecule has 0 unspecified atom stereocenters. The third-order valence-corrected chi connectivity index (χ3v) is 3.40. The standard InChI is InChI=1S/C16H18ClNO/c1-11-5-4-6-15(12(11)2)19-16-8-7-14(17)9-13(16)10-18-3/h4-9,18H,10H2,1-3H3. The molecule has 0 atom stereocenters. The summed E-state index contributed by atoms with van der Waals surface area (Å²) in [5, 5.41) is 3.85. The molecule has 0 aliphatic heterocycles. The van der Waals surface area contributed by atoms with Crippen molar-refractivity contribution in [2.24, 2.45) is 0 Å². The molecular weight excluding hydrogens is 258 g/mol. The molecule has 0 spiro atoms. The van der Waals surface area contributed by atoms with Crippen molar-refractivity contribution in [2.45, 2.75) is 20.4 Å². The molecule has 0 saturated heterocycles. The number of benzene rings is 2. The van der Waals surface area contributed by atoms with Crippen molar-refractivity contribution in [2.75, 3.05) is 7.05 Å². The van der Waals surface area contributed by atoms with Crippen LogP contribution in [0.5, 0.6) is 11.5 Å². The molecule has 1 N–H and O–H groups in total. The Hall–Kier alpha value is -1.51. The summed E-state index contributed by atoms with van der Waals surface area (Å²) in [5.74, 6) is 1.73. The number of rotatable bonds is 4. The number of halogens is 1. The Kier molecular flexibility index (Phi) is 4.46. The maximum Gasteiger partial charge on any atom is 0.132 e. The molecule has 0 fully saturated rings. The van der Waals surface area contributed by atoms with Crippen LogP contribution in [0.1, 0.15) is 16.7 Å². The molecule has 0 aromatic heterocycles. The van der Waals surface area contributed by atoms with Crippen LogP contribution in [0, 0.1) is 13.8 Å². The van der Waals surface area contributed by atoms with E-state index >= 15 is 0 Å². The Labute approximate surface area is 119 Å². The molecule has 0 bridgehead atoms. The monoisotopic (exact) mass is 275 g/mol. The number of ether oxygens (including phenoxy) is 1. The zero-order valence-electron chi connectivity index (χ0n) is 11.5. The Balaban J connectivity index is 2.35. The van der Waals surface area contributed by atoms with Gasteiger partial charge in [-0.2, -0.15) is 0 Å². The van der Waals surface area contributed by atoms with Gasteiger partial charge in [0.05, 0.1) is 0 Å². The highest BCUT2D eigenvalue weighted by Gasteiger charge is 2.08. The molecule has 2 nitrogen and oxygen atoms in total. The van der Waals surface area contributed by atoms with E-state index in [1.807, 2.05) is 37.4 Å². The molecule has 0 aliphatic rings. The van der Waals surface area contributed by atoms with Gasteiger partial charge in [0.2, 0.25) is 0 Å². The van der Waals surface area contributed by atoms with Gasteiger partial charge >= 0.3 is 0 Å². The van der Waals surface area contributed by atoms with E-state index in [0.717, 1.165) is 34.2 Å². The summed E-state index contributed by atoms with van der Waals surface area (Å²) >= 11 is 6.03. The van der Waals surface area contributed by atoms with Gasteiger partial charge in [-0.15, -0.1) is 0 Å². The predicted molar refractivity (Wildman–Crippen MR) is 80.2 cm³/mol. The minimum atomic E-state index is 0.721. The van der Waals surface area contributed by atoms with E-state index in [-0.39, 0.29) is 0 Å². The van der Waals surface area contributed by atoms with Crippen LogP contribution in [0.2, 0.25) is 5.02 Å². The normalized spacial score (nSPS) is 10.5. The smallest absolute Gasteiger partial charge is 0.132 e. The Morgan fingerprint density at radius 1 is 1.11 bits per heavy atom. The average molecular weight is 276 g/mol. The molecule has 3 heteroatoms. The van der Waals surface area contributed by atoms with Crippen LogP contribution in [0.15, 0.2) is 36.4 Å². The molecule has 0 radical (unpaired) electrons. The number of hydrogen-bond donors (Lipinski definition) is 1. The molecule has 100 valence electrons. The first-order valence-electron chi connectivity index (χ1n) is 6.29. The molecular formula is C16H18ClNO. The van der Waals surface area contributed by atoms with E-state index < -0.39 is 0 Å². The van der Waals surface area contributed by atoms with Crippen molar-refractivity contribution in [3.63, 3.8) is 0 Å². The topological polar surface area (TPSA) is 21.3 Å². The Morgan fingerprint density at radius 2 is 1.89 bits per heavy atom. The summed E-state index contributed by atoms with van der Waals surface area (Å²) < 4.78 is 6.03. The highest BCUT2D eigenvalue weighted by molar-refractivity contribution is 6.30. The Bertz CT molecular complexity index is 581. The summed E-state index contributed by atoms with van der Waals surface area (Å²) in [4.78, 5) is 0. The second-order valence-electron chi connectivity index (χ2n) is 4.58. The maximum absolute atomic E-state index is 6.03. The Morgan fingerprint density at radius 3 is 2.63 bits per heavy atom. The maximum atomic E-state index is 6.03. The number of nitrogens with one attached hydrogen (secondary N) is 1. The van der Waals surface area contributed by atoms with Gasteiger partial charge in [0.25, 0.3) is 0 Å². The largest absolute Gasteiger partial charge is 0.457 e. The van der Waals surface area contributed by atoms with Gasteiger partial charge in [0, 0.05) is 17.1 Å². The molecule has 0 aliphatic carbocycles. The van der Waals surface area contributed by atoms with Gasteiger partial charge in [0.15, 0.2) is 0 Å². The summed E-state index contributed by atoms with van der Waals surface area (Å²) in [6.45, 7) is 4.87. The van der Waals surface area contributed by atoms with Crippen molar-refractivity contribution in [1.82, 2.24) is 5.32 Å². The molecule has 2 aromatic carbocycles. The third-order valence-electron chi connectivity index (χ3n) is 3.16. The van der Waals surface area contributed by atoms with Crippen molar-refractivity contribution in [3.8, 4) is 11.5 Å². The van der Waals surface area contributed by atoms with Gasteiger partial charge in [-0.3, -0.25) is 0 Å². The molecule has 19 heavy (non-hydrogen) atoms. The fraction of sp³-hybridized carbons (Fsp3) is 0.250. The van der Waals surface area contributed by atoms with Crippen molar-refractivity contribution in [3.05, 3.63) is 58.1 Å². The molecule has 0 amide bonds. The fourth-order valence-electron chi connectivity index (χ4n) is 1.93. The average Bonchev–Trinajstić information content (AvgIpc) is 2.38. The fourth-order valence-corrected chi connectivity index (χ4v) is 2.12. The first kappa shape index (κ1) is 13.9. The number of aryl methyl sites for hydroxylation is 1. The lowest BCUT2D eigenvalue weighted by molar-refractivity contribution is 0.470. The minimum absolute atomic E-state index is 0.721. The van der Waals surface area contributed by atoms with E-state index in [4.69, 9.17) is 16.3 Å². The van der Waals surface area contributed by atoms with E-state index in [9.17, 15) is 0 Å². The minimum Gasteiger partial charge on any atom is -0.457 e. The van der Waals surface area contributed by atoms with Crippen LogP contribution in [-0.4, -0.2) is 7.05 Å². The summed E-state index contributed by atoms with van der Waals surface area (Å²) in [6.07, 6.45) is 0. The predicted octanol–water partition coefficient (Wildman–Crippen LogP) is 4.47. The first-order chi connectivity index (χ1) is 9.11. The SMILES string of the molecule is CNCc1cc(Cl)ccc1Oc1cccc(C)c1C. The van der Waals surface area contributed by atoms with Crippen LogP contribution >= 0.6 is 11.6 Å². The van der Waals surface area contributed by atoms with E-state index in [1.165, 1.54) is 5.56 Å². The summed E-state index contributed by atoms with van der Waals surface area (Å²) in [7, 11) is 1.91. The molecule has 0 saturated carbocycles.